The van der Waals surface area contributed by atoms with Gasteiger partial charge >= 0.3 is 0 Å². The van der Waals surface area contributed by atoms with Gasteiger partial charge in [0.05, 0.1) is 29.9 Å². The largest absolute Gasteiger partial charge is 0.391 e. The first-order chi connectivity index (χ1) is 11.4. The van der Waals surface area contributed by atoms with E-state index in [4.69, 9.17) is 4.74 Å². The van der Waals surface area contributed by atoms with Gasteiger partial charge in [-0.05, 0) is 32.8 Å². The Kier molecular flexibility index (Phi) is 4.91. The van der Waals surface area contributed by atoms with Gasteiger partial charge in [-0.25, -0.2) is 0 Å². The van der Waals surface area contributed by atoms with Crippen molar-refractivity contribution in [2.75, 3.05) is 13.1 Å². The molecule has 1 aromatic rings. The molecule has 2 fully saturated rings. The molecule has 0 unspecified atom stereocenters. The Morgan fingerprint density at radius 2 is 2.00 bits per heavy atom. The highest BCUT2D eigenvalue weighted by atomic mass is 16.5. The molecule has 1 aliphatic carbocycles. The predicted molar refractivity (Wildman–Crippen MR) is 87.4 cm³/mol. The number of morpholine rings is 1. The number of nitrogens with zero attached hydrogens (tertiary/aromatic N) is 1. The standard InChI is InChI=1S/C17H25N3O4/c1-10-8-20(9-11(2)24-10)17(23)13-5-14(15(21)6-13)19-16(22)12-3-4-18-7-12/h3-4,7,10-11,13-15,18,21H,5-6,8-9H2,1-2H3,(H,19,22)/t10-,11+,13-,14+,15+/m0/s1. The monoisotopic (exact) mass is 335 g/mol. The Balaban J connectivity index is 1.58. The van der Waals surface area contributed by atoms with Crippen molar-refractivity contribution in [3.63, 3.8) is 0 Å². The summed E-state index contributed by atoms with van der Waals surface area (Å²) in [6.07, 6.45) is 3.48. The molecule has 0 spiro atoms. The highest BCUT2D eigenvalue weighted by molar-refractivity contribution is 5.94. The molecule has 0 aromatic carbocycles. The van der Waals surface area contributed by atoms with E-state index in [9.17, 15) is 14.7 Å². The van der Waals surface area contributed by atoms with Crippen molar-refractivity contribution in [3.05, 3.63) is 24.0 Å². The first kappa shape index (κ1) is 17.0. The zero-order valence-electron chi connectivity index (χ0n) is 14.1. The number of aromatic nitrogens is 1. The van der Waals surface area contributed by atoms with E-state index in [0.29, 0.717) is 31.5 Å². The third-order valence-electron chi connectivity index (χ3n) is 4.79. The van der Waals surface area contributed by atoms with Gasteiger partial charge in [0.1, 0.15) is 0 Å². The van der Waals surface area contributed by atoms with Gasteiger partial charge in [0, 0.05) is 31.4 Å². The molecule has 132 valence electrons. The Morgan fingerprint density at radius 1 is 1.29 bits per heavy atom. The number of nitrogens with one attached hydrogen (secondary N) is 2. The molecule has 7 heteroatoms. The van der Waals surface area contributed by atoms with E-state index in [1.807, 2.05) is 18.7 Å². The van der Waals surface area contributed by atoms with Gasteiger partial charge in [-0.15, -0.1) is 0 Å². The fraction of sp³-hybridized carbons (Fsp3) is 0.647. The lowest BCUT2D eigenvalue weighted by Gasteiger charge is -2.36. The van der Waals surface area contributed by atoms with Crippen LogP contribution in [0.2, 0.25) is 0 Å². The molecule has 5 atom stereocenters. The first-order valence-electron chi connectivity index (χ1n) is 8.50. The number of aromatic amines is 1. The van der Waals surface area contributed by atoms with E-state index in [0.717, 1.165) is 0 Å². The lowest BCUT2D eigenvalue weighted by molar-refractivity contribution is -0.147. The SMILES string of the molecule is C[C@@H]1CN(C(=O)[C@@H]2C[C@@H](O)[C@H](NC(=O)c3cc[nH]c3)C2)C[C@H](C)O1. The number of hydrogen-bond acceptors (Lipinski definition) is 4. The number of carbonyl (C=O) groups excluding carboxylic acids is 2. The summed E-state index contributed by atoms with van der Waals surface area (Å²) in [5.41, 5.74) is 0.521. The highest BCUT2D eigenvalue weighted by Gasteiger charge is 2.40. The van der Waals surface area contributed by atoms with Crippen LogP contribution in [0.4, 0.5) is 0 Å². The second-order valence-electron chi connectivity index (χ2n) is 6.92. The van der Waals surface area contributed by atoms with Gasteiger partial charge in [-0.1, -0.05) is 0 Å². The van der Waals surface area contributed by atoms with Crippen molar-refractivity contribution in [1.82, 2.24) is 15.2 Å². The molecular weight excluding hydrogens is 310 g/mol. The minimum absolute atomic E-state index is 0.0214. The molecule has 1 aromatic heterocycles. The normalized spacial score (nSPS) is 33.5. The third kappa shape index (κ3) is 3.62. The second-order valence-corrected chi connectivity index (χ2v) is 6.92. The van der Waals surface area contributed by atoms with Crippen LogP contribution in [0.3, 0.4) is 0 Å². The van der Waals surface area contributed by atoms with Gasteiger partial charge in [0.25, 0.3) is 5.91 Å². The van der Waals surface area contributed by atoms with Crippen LogP contribution in [0.1, 0.15) is 37.0 Å². The summed E-state index contributed by atoms with van der Waals surface area (Å²) in [5.74, 6) is -0.439. The molecule has 3 rings (SSSR count). The van der Waals surface area contributed by atoms with Gasteiger partial charge in [0.15, 0.2) is 0 Å². The molecule has 1 aliphatic heterocycles. The van der Waals surface area contributed by atoms with Crippen LogP contribution in [0.5, 0.6) is 0 Å². The average Bonchev–Trinajstić information content (AvgIpc) is 3.16. The Bertz CT molecular complexity index is 579. The quantitative estimate of drug-likeness (QED) is 0.750. The molecule has 0 radical (unpaired) electrons. The zero-order valence-corrected chi connectivity index (χ0v) is 14.1. The molecular formula is C17H25N3O4. The van der Waals surface area contributed by atoms with E-state index in [1.54, 1.807) is 18.5 Å². The Morgan fingerprint density at radius 3 is 2.62 bits per heavy atom. The fourth-order valence-electron chi connectivity index (χ4n) is 3.71. The Labute approximate surface area is 141 Å². The van der Waals surface area contributed by atoms with E-state index < -0.39 is 12.1 Å². The van der Waals surface area contributed by atoms with Crippen LogP contribution in [0.15, 0.2) is 18.5 Å². The fourth-order valence-corrected chi connectivity index (χ4v) is 3.71. The summed E-state index contributed by atoms with van der Waals surface area (Å²) < 4.78 is 5.66. The molecule has 1 saturated heterocycles. The lowest BCUT2D eigenvalue weighted by Crippen LogP contribution is -2.50. The Hall–Kier alpha value is -1.86. The van der Waals surface area contributed by atoms with Gasteiger partial charge < -0.3 is 25.0 Å². The maximum atomic E-state index is 12.7. The topological polar surface area (TPSA) is 94.7 Å². The van der Waals surface area contributed by atoms with Crippen molar-refractivity contribution in [1.29, 1.82) is 0 Å². The molecule has 7 nitrogen and oxygen atoms in total. The minimum Gasteiger partial charge on any atom is -0.391 e. The van der Waals surface area contributed by atoms with Crippen molar-refractivity contribution in [2.45, 2.75) is 51.0 Å². The van der Waals surface area contributed by atoms with Crippen LogP contribution in [0.25, 0.3) is 0 Å². The number of hydrogen-bond donors (Lipinski definition) is 3. The number of carbonyl (C=O) groups is 2. The molecule has 2 amide bonds. The molecule has 3 N–H and O–H groups in total. The molecule has 1 saturated carbocycles. The van der Waals surface area contributed by atoms with E-state index in [1.165, 1.54) is 0 Å². The van der Waals surface area contributed by atoms with Gasteiger partial charge in [0.2, 0.25) is 5.91 Å². The second kappa shape index (κ2) is 6.94. The van der Waals surface area contributed by atoms with Crippen LogP contribution in [0, 0.1) is 5.92 Å². The van der Waals surface area contributed by atoms with Crippen molar-refractivity contribution in [3.8, 4) is 0 Å². The number of H-pyrrole nitrogens is 1. The molecule has 2 aliphatic rings. The summed E-state index contributed by atoms with van der Waals surface area (Å²) in [6, 6.07) is 1.28. The van der Waals surface area contributed by atoms with Crippen LogP contribution in [-0.2, 0) is 9.53 Å². The zero-order chi connectivity index (χ0) is 17.3. The first-order valence-corrected chi connectivity index (χ1v) is 8.50. The summed E-state index contributed by atoms with van der Waals surface area (Å²) in [7, 11) is 0. The lowest BCUT2D eigenvalue weighted by atomic mass is 10.0. The smallest absolute Gasteiger partial charge is 0.253 e. The van der Waals surface area contributed by atoms with Crippen LogP contribution >= 0.6 is 0 Å². The highest BCUT2D eigenvalue weighted by Crippen LogP contribution is 2.29. The van der Waals surface area contributed by atoms with E-state index >= 15 is 0 Å². The summed E-state index contributed by atoms with van der Waals surface area (Å²) in [6.45, 7) is 5.07. The average molecular weight is 335 g/mol. The van der Waals surface area contributed by atoms with E-state index in [-0.39, 0.29) is 29.9 Å². The van der Waals surface area contributed by atoms with Gasteiger partial charge in [-0.3, -0.25) is 9.59 Å². The van der Waals surface area contributed by atoms with Crippen LogP contribution in [-0.4, -0.2) is 64.2 Å². The number of amides is 2. The van der Waals surface area contributed by atoms with Crippen LogP contribution < -0.4 is 5.32 Å². The van der Waals surface area contributed by atoms with Crippen molar-refractivity contribution in [2.24, 2.45) is 5.92 Å². The molecule has 24 heavy (non-hydrogen) atoms. The minimum atomic E-state index is -0.697. The van der Waals surface area contributed by atoms with E-state index in [2.05, 4.69) is 10.3 Å². The third-order valence-corrected chi connectivity index (χ3v) is 4.79. The number of rotatable bonds is 3. The van der Waals surface area contributed by atoms with Crippen molar-refractivity contribution >= 4 is 11.8 Å². The maximum Gasteiger partial charge on any atom is 0.253 e. The van der Waals surface area contributed by atoms with Gasteiger partial charge in [-0.2, -0.15) is 0 Å². The molecule has 2 heterocycles. The number of ether oxygens (including phenoxy) is 1. The summed E-state index contributed by atoms with van der Waals surface area (Å²) in [4.78, 5) is 29.5. The molecule has 0 bridgehead atoms. The number of aliphatic hydroxyl groups excluding tert-OH is 1. The summed E-state index contributed by atoms with van der Waals surface area (Å²) in [5, 5.41) is 13.1. The summed E-state index contributed by atoms with van der Waals surface area (Å²) >= 11 is 0. The van der Waals surface area contributed by atoms with Crippen molar-refractivity contribution < 1.29 is 19.4 Å². The maximum absolute atomic E-state index is 12.7. The number of aliphatic hydroxyl groups is 1. The predicted octanol–water partition coefficient (Wildman–Crippen LogP) is 0.520.